The van der Waals surface area contributed by atoms with Crippen molar-refractivity contribution < 1.29 is 14.7 Å². The Bertz CT molecular complexity index is 507. The van der Waals surface area contributed by atoms with Crippen molar-refractivity contribution in [2.24, 2.45) is 0 Å². The zero-order valence-corrected chi connectivity index (χ0v) is 12.6. The van der Waals surface area contributed by atoms with E-state index in [0.29, 0.717) is 19.4 Å². The summed E-state index contributed by atoms with van der Waals surface area (Å²) in [5, 5.41) is 19.2. The van der Waals surface area contributed by atoms with E-state index in [1.54, 1.807) is 0 Å². The Morgan fingerprint density at radius 1 is 1.14 bits per heavy atom. The number of nitrogens with one attached hydrogen (secondary N) is 1. The Balaban J connectivity index is 2.82. The van der Waals surface area contributed by atoms with Crippen molar-refractivity contribution in [2.45, 2.75) is 40.0 Å². The van der Waals surface area contributed by atoms with Crippen molar-refractivity contribution in [1.82, 2.24) is 20.1 Å². The number of carboxylic acid groups (broad SMARTS) is 1. The van der Waals surface area contributed by atoms with Gasteiger partial charge in [0.25, 0.3) is 5.95 Å². The highest BCUT2D eigenvalue weighted by Gasteiger charge is 2.17. The van der Waals surface area contributed by atoms with Crippen LogP contribution in [0.5, 0.6) is 0 Å². The quantitative estimate of drug-likeness (QED) is 0.785. The maximum Gasteiger partial charge on any atom is 0.324 e. The molecule has 1 aromatic rings. The van der Waals surface area contributed by atoms with E-state index in [0.717, 1.165) is 17.8 Å². The number of carboxylic acids is 1. The second-order valence-corrected chi connectivity index (χ2v) is 4.48. The molecule has 0 bridgehead atoms. The van der Waals surface area contributed by atoms with Crippen LogP contribution in [-0.2, 0) is 17.6 Å². The van der Waals surface area contributed by atoms with Gasteiger partial charge in [0.2, 0.25) is 0 Å². The average molecular weight is 295 g/mol. The molecule has 8 heteroatoms. The van der Waals surface area contributed by atoms with Gasteiger partial charge in [-0.25, -0.2) is 9.78 Å². The number of anilines is 1. The summed E-state index contributed by atoms with van der Waals surface area (Å²) < 4.78 is 0. The third-order valence-electron chi connectivity index (χ3n) is 2.83. The van der Waals surface area contributed by atoms with Gasteiger partial charge in [0.05, 0.1) is 11.4 Å². The average Bonchev–Trinajstić information content (AvgIpc) is 2.46. The molecule has 0 aliphatic carbocycles. The summed E-state index contributed by atoms with van der Waals surface area (Å²) in [7, 11) is 0. The summed E-state index contributed by atoms with van der Waals surface area (Å²) in [4.78, 5) is 28.2. The highest BCUT2D eigenvalue weighted by Crippen LogP contribution is 2.07. The molecule has 0 aliphatic rings. The smallest absolute Gasteiger partial charge is 0.324 e. The molecule has 2 N–H and O–H groups in total. The van der Waals surface area contributed by atoms with Gasteiger partial charge in [-0.3, -0.25) is 10.1 Å². The van der Waals surface area contributed by atoms with Crippen LogP contribution >= 0.6 is 0 Å². The zero-order valence-electron chi connectivity index (χ0n) is 12.6. The number of aromatic nitrogens is 3. The van der Waals surface area contributed by atoms with Crippen LogP contribution in [0.15, 0.2) is 0 Å². The van der Waals surface area contributed by atoms with Crippen LogP contribution in [0, 0.1) is 0 Å². The maximum atomic E-state index is 12.0. The molecule has 0 radical (unpaired) electrons. The van der Waals surface area contributed by atoms with Crippen LogP contribution < -0.4 is 5.32 Å². The van der Waals surface area contributed by atoms with Gasteiger partial charge in [0.1, 0.15) is 6.54 Å². The van der Waals surface area contributed by atoms with Crippen molar-refractivity contribution in [2.75, 3.05) is 18.4 Å². The predicted molar refractivity (Wildman–Crippen MR) is 77.1 cm³/mol. The number of nitrogens with zero attached hydrogens (tertiary/aromatic N) is 4. The fraction of sp³-hybridized carbons (Fsp3) is 0.615. The van der Waals surface area contributed by atoms with Crippen LogP contribution in [0.3, 0.4) is 0 Å². The number of aryl methyl sites for hydroxylation is 2. The van der Waals surface area contributed by atoms with E-state index < -0.39 is 12.0 Å². The molecule has 116 valence electrons. The molecular weight excluding hydrogens is 274 g/mol. The SMILES string of the molecule is CCCN(CC(=O)O)C(=O)Nc1nnc(CC)c(CC)n1. The number of amides is 2. The van der Waals surface area contributed by atoms with Crippen molar-refractivity contribution in [3.05, 3.63) is 11.4 Å². The molecule has 21 heavy (non-hydrogen) atoms. The molecule has 1 rings (SSSR count). The highest BCUT2D eigenvalue weighted by atomic mass is 16.4. The first-order valence-corrected chi connectivity index (χ1v) is 7.01. The van der Waals surface area contributed by atoms with Gasteiger partial charge in [-0.15, -0.1) is 10.2 Å². The molecule has 1 heterocycles. The van der Waals surface area contributed by atoms with Crippen molar-refractivity contribution in [3.63, 3.8) is 0 Å². The summed E-state index contributed by atoms with van der Waals surface area (Å²) in [6, 6.07) is -0.535. The summed E-state index contributed by atoms with van der Waals surface area (Å²) in [6.45, 7) is 5.76. The Morgan fingerprint density at radius 3 is 2.33 bits per heavy atom. The first kappa shape index (κ1) is 16.8. The van der Waals surface area contributed by atoms with Gasteiger partial charge in [0, 0.05) is 6.54 Å². The highest BCUT2D eigenvalue weighted by molar-refractivity contribution is 5.89. The molecule has 0 aromatic carbocycles. The number of urea groups is 1. The standard InChI is InChI=1S/C13H21N5O3/c1-4-7-18(8-11(19)20)13(21)15-12-14-9(5-2)10(6-3)16-17-12/h4-8H2,1-3H3,(H,19,20)(H,14,15,17,21). The van der Waals surface area contributed by atoms with Gasteiger partial charge in [-0.05, 0) is 19.3 Å². The van der Waals surface area contributed by atoms with E-state index in [2.05, 4.69) is 20.5 Å². The van der Waals surface area contributed by atoms with E-state index in [1.165, 1.54) is 4.90 Å². The largest absolute Gasteiger partial charge is 0.480 e. The van der Waals surface area contributed by atoms with Gasteiger partial charge in [-0.1, -0.05) is 20.8 Å². The summed E-state index contributed by atoms with van der Waals surface area (Å²) in [5.41, 5.74) is 1.58. The second-order valence-electron chi connectivity index (χ2n) is 4.48. The van der Waals surface area contributed by atoms with Crippen LogP contribution in [0.2, 0.25) is 0 Å². The van der Waals surface area contributed by atoms with Crippen molar-refractivity contribution in [3.8, 4) is 0 Å². The Hall–Kier alpha value is -2.25. The van der Waals surface area contributed by atoms with E-state index in [1.807, 2.05) is 20.8 Å². The Kier molecular flexibility index (Phi) is 6.51. The number of rotatable bonds is 7. The van der Waals surface area contributed by atoms with Gasteiger partial charge in [-0.2, -0.15) is 0 Å². The molecule has 0 fully saturated rings. The minimum Gasteiger partial charge on any atom is -0.480 e. The Morgan fingerprint density at radius 2 is 1.81 bits per heavy atom. The van der Waals surface area contributed by atoms with Gasteiger partial charge >= 0.3 is 12.0 Å². The molecule has 0 aliphatic heterocycles. The molecule has 0 spiro atoms. The summed E-state index contributed by atoms with van der Waals surface area (Å²) >= 11 is 0. The van der Waals surface area contributed by atoms with Crippen LogP contribution in [0.1, 0.15) is 38.6 Å². The first-order valence-electron chi connectivity index (χ1n) is 7.01. The van der Waals surface area contributed by atoms with Gasteiger partial charge in [0.15, 0.2) is 0 Å². The van der Waals surface area contributed by atoms with E-state index in [4.69, 9.17) is 5.11 Å². The lowest BCUT2D eigenvalue weighted by Gasteiger charge is -2.19. The van der Waals surface area contributed by atoms with Crippen LogP contribution in [0.25, 0.3) is 0 Å². The molecule has 0 saturated heterocycles. The monoisotopic (exact) mass is 295 g/mol. The fourth-order valence-electron chi connectivity index (χ4n) is 1.85. The summed E-state index contributed by atoms with van der Waals surface area (Å²) in [6.07, 6.45) is 2.07. The van der Waals surface area contributed by atoms with Crippen LogP contribution in [-0.4, -0.2) is 50.3 Å². The lowest BCUT2D eigenvalue weighted by Crippen LogP contribution is -2.39. The molecule has 2 amide bonds. The van der Waals surface area contributed by atoms with E-state index in [9.17, 15) is 9.59 Å². The zero-order chi connectivity index (χ0) is 15.8. The third-order valence-corrected chi connectivity index (χ3v) is 2.83. The molecule has 1 aromatic heterocycles. The first-order chi connectivity index (χ1) is 10.0. The lowest BCUT2D eigenvalue weighted by atomic mass is 10.2. The maximum absolute atomic E-state index is 12.0. The number of aliphatic carboxylic acids is 1. The van der Waals surface area contributed by atoms with Crippen molar-refractivity contribution >= 4 is 17.9 Å². The predicted octanol–water partition coefficient (Wildman–Crippen LogP) is 1.32. The molecule has 0 unspecified atom stereocenters. The van der Waals surface area contributed by atoms with Crippen molar-refractivity contribution in [1.29, 1.82) is 0 Å². The normalized spacial score (nSPS) is 10.2. The Labute approximate surface area is 123 Å². The topological polar surface area (TPSA) is 108 Å². The van der Waals surface area contributed by atoms with Gasteiger partial charge < -0.3 is 10.0 Å². The minimum absolute atomic E-state index is 0.0977. The number of carbonyl (C=O) groups excluding carboxylic acids is 1. The number of hydrogen-bond acceptors (Lipinski definition) is 5. The van der Waals surface area contributed by atoms with Crippen LogP contribution in [0.4, 0.5) is 10.7 Å². The van der Waals surface area contributed by atoms with E-state index >= 15 is 0 Å². The second kappa shape index (κ2) is 8.13. The fourth-order valence-corrected chi connectivity index (χ4v) is 1.85. The molecule has 8 nitrogen and oxygen atoms in total. The molecular formula is C13H21N5O3. The summed E-state index contributed by atoms with van der Waals surface area (Å²) in [5.74, 6) is -0.964. The minimum atomic E-state index is -1.06. The lowest BCUT2D eigenvalue weighted by molar-refractivity contribution is -0.137. The number of hydrogen-bond donors (Lipinski definition) is 2. The molecule has 0 atom stereocenters. The molecule has 0 saturated carbocycles. The van der Waals surface area contributed by atoms with E-state index in [-0.39, 0.29) is 12.5 Å². The number of carbonyl (C=O) groups is 2. The third kappa shape index (κ3) is 4.97.